The van der Waals surface area contributed by atoms with Gasteiger partial charge in [0.15, 0.2) is 4.80 Å². The van der Waals surface area contributed by atoms with Crippen molar-refractivity contribution in [2.45, 2.75) is 20.4 Å². The van der Waals surface area contributed by atoms with E-state index in [1.54, 1.807) is 19.2 Å². The number of hydrogen-bond donors (Lipinski definition) is 0. The Morgan fingerprint density at radius 1 is 1.24 bits per heavy atom. The number of aromatic nitrogens is 1. The summed E-state index contributed by atoms with van der Waals surface area (Å²) in [6.45, 7) is 5.40. The number of thiazole rings is 1. The summed E-state index contributed by atoms with van der Waals surface area (Å²) >= 11 is 4.92. The normalized spacial score (nSPS) is 12.1. The van der Waals surface area contributed by atoms with E-state index in [4.69, 9.17) is 4.74 Å². The van der Waals surface area contributed by atoms with Gasteiger partial charge in [0.2, 0.25) is 0 Å². The van der Waals surface area contributed by atoms with E-state index in [0.717, 1.165) is 14.7 Å². The maximum absolute atomic E-state index is 12.6. The summed E-state index contributed by atoms with van der Waals surface area (Å²) in [7, 11) is 1.68. The first-order valence-electron chi connectivity index (χ1n) is 7.94. The van der Waals surface area contributed by atoms with Crippen molar-refractivity contribution < 1.29 is 9.53 Å². The highest BCUT2D eigenvalue weighted by atomic mass is 79.9. The van der Waals surface area contributed by atoms with Gasteiger partial charge < -0.3 is 9.30 Å². The van der Waals surface area contributed by atoms with Crippen LogP contribution >= 0.6 is 27.3 Å². The molecule has 0 fully saturated rings. The van der Waals surface area contributed by atoms with Gasteiger partial charge in [-0.25, -0.2) is 0 Å². The average molecular weight is 419 g/mol. The SMILES string of the molecule is COCCn1c(=NC(=O)c2ccc(Br)cc2)sc2cc(C)cc(C)c21. The second kappa shape index (κ2) is 7.64. The molecular weight excluding hydrogens is 400 g/mol. The first kappa shape index (κ1) is 18.0. The van der Waals surface area contributed by atoms with Crippen molar-refractivity contribution in [3.63, 3.8) is 0 Å². The van der Waals surface area contributed by atoms with Gasteiger partial charge in [0.05, 0.1) is 16.8 Å². The highest BCUT2D eigenvalue weighted by Gasteiger charge is 2.11. The molecule has 3 aromatic rings. The van der Waals surface area contributed by atoms with Crippen molar-refractivity contribution >= 4 is 43.4 Å². The number of halogens is 1. The van der Waals surface area contributed by atoms with Crippen LogP contribution in [0.3, 0.4) is 0 Å². The molecule has 1 aromatic heterocycles. The van der Waals surface area contributed by atoms with Gasteiger partial charge in [-0.1, -0.05) is 33.3 Å². The second-order valence-electron chi connectivity index (χ2n) is 5.88. The van der Waals surface area contributed by atoms with Crippen LogP contribution in [0.25, 0.3) is 10.2 Å². The Hall–Kier alpha value is -1.76. The Kier molecular flexibility index (Phi) is 5.51. The lowest BCUT2D eigenvalue weighted by molar-refractivity contribution is 0.0997. The number of carbonyl (C=O) groups excluding carboxylic acids is 1. The summed E-state index contributed by atoms with van der Waals surface area (Å²) < 4.78 is 9.39. The number of ether oxygens (including phenoxy) is 1. The lowest BCUT2D eigenvalue weighted by atomic mass is 10.1. The average Bonchev–Trinajstić information content (AvgIpc) is 2.90. The molecule has 0 N–H and O–H groups in total. The van der Waals surface area contributed by atoms with Crippen molar-refractivity contribution in [2.24, 2.45) is 4.99 Å². The molecule has 0 aliphatic heterocycles. The van der Waals surface area contributed by atoms with Crippen LogP contribution in [-0.4, -0.2) is 24.2 Å². The molecule has 0 aliphatic carbocycles. The molecule has 0 saturated heterocycles. The zero-order valence-electron chi connectivity index (χ0n) is 14.4. The van der Waals surface area contributed by atoms with Crippen LogP contribution in [0.5, 0.6) is 0 Å². The van der Waals surface area contributed by atoms with Gasteiger partial charge in [-0.05, 0) is 55.3 Å². The van der Waals surface area contributed by atoms with Crippen LogP contribution in [0.2, 0.25) is 0 Å². The number of nitrogens with zero attached hydrogens (tertiary/aromatic N) is 2. The Balaban J connectivity index is 2.15. The molecule has 1 heterocycles. The highest BCUT2D eigenvalue weighted by molar-refractivity contribution is 9.10. The summed E-state index contributed by atoms with van der Waals surface area (Å²) in [4.78, 5) is 17.7. The number of amides is 1. The van der Waals surface area contributed by atoms with Gasteiger partial charge in [0.1, 0.15) is 0 Å². The van der Waals surface area contributed by atoms with E-state index in [1.165, 1.54) is 22.5 Å². The van der Waals surface area contributed by atoms with Crippen LogP contribution < -0.4 is 4.80 Å². The van der Waals surface area contributed by atoms with Gasteiger partial charge >= 0.3 is 0 Å². The number of methoxy groups -OCH3 is 1. The van der Waals surface area contributed by atoms with Gasteiger partial charge in [-0.2, -0.15) is 4.99 Å². The van der Waals surface area contributed by atoms with Crippen LogP contribution in [-0.2, 0) is 11.3 Å². The summed E-state index contributed by atoms with van der Waals surface area (Å²) in [6, 6.07) is 11.5. The molecule has 2 aromatic carbocycles. The van der Waals surface area contributed by atoms with Crippen LogP contribution in [0, 0.1) is 13.8 Å². The Morgan fingerprint density at radius 2 is 1.96 bits per heavy atom. The second-order valence-corrected chi connectivity index (χ2v) is 7.81. The summed E-state index contributed by atoms with van der Waals surface area (Å²) in [5, 5.41) is 0. The predicted octanol–water partition coefficient (Wildman–Crippen LogP) is 4.47. The zero-order chi connectivity index (χ0) is 18.0. The largest absolute Gasteiger partial charge is 0.383 e. The number of hydrogen-bond acceptors (Lipinski definition) is 3. The fourth-order valence-electron chi connectivity index (χ4n) is 2.81. The highest BCUT2D eigenvalue weighted by Crippen LogP contribution is 2.23. The molecule has 130 valence electrons. The molecule has 25 heavy (non-hydrogen) atoms. The molecule has 1 amide bonds. The molecule has 0 unspecified atom stereocenters. The van der Waals surface area contributed by atoms with Gasteiger partial charge in [0.25, 0.3) is 5.91 Å². The van der Waals surface area contributed by atoms with Crippen molar-refractivity contribution in [3.8, 4) is 0 Å². The summed E-state index contributed by atoms with van der Waals surface area (Å²) in [5.41, 5.74) is 4.08. The fourth-order valence-corrected chi connectivity index (χ4v) is 4.31. The number of aryl methyl sites for hydroxylation is 2. The number of fused-ring (bicyclic) bond motifs is 1. The standard InChI is InChI=1S/C19H19BrN2O2S/c1-12-10-13(2)17-16(11-12)25-19(22(17)8-9-24-3)21-18(23)14-4-6-15(20)7-5-14/h4-7,10-11H,8-9H2,1-3H3. The van der Waals surface area contributed by atoms with Crippen molar-refractivity contribution in [2.75, 3.05) is 13.7 Å². The van der Waals surface area contributed by atoms with Crippen LogP contribution in [0.4, 0.5) is 0 Å². The molecule has 0 spiro atoms. The van der Waals surface area contributed by atoms with Crippen LogP contribution in [0.1, 0.15) is 21.5 Å². The minimum Gasteiger partial charge on any atom is -0.383 e. The van der Waals surface area contributed by atoms with Crippen molar-refractivity contribution in [1.82, 2.24) is 4.57 Å². The number of benzene rings is 2. The summed E-state index contributed by atoms with van der Waals surface area (Å²) in [5.74, 6) is -0.236. The first-order chi connectivity index (χ1) is 12.0. The number of carbonyl (C=O) groups is 1. The van der Waals surface area contributed by atoms with E-state index in [2.05, 4.69) is 51.5 Å². The Bertz CT molecular complexity index is 987. The molecule has 0 radical (unpaired) electrons. The fraction of sp³-hybridized carbons (Fsp3) is 0.263. The lowest BCUT2D eigenvalue weighted by Gasteiger charge is -2.07. The third kappa shape index (κ3) is 3.92. The van der Waals surface area contributed by atoms with E-state index in [1.807, 2.05) is 12.1 Å². The molecular formula is C19H19BrN2O2S. The third-order valence-corrected chi connectivity index (χ3v) is 5.47. The topological polar surface area (TPSA) is 43.6 Å². The molecule has 6 heteroatoms. The van der Waals surface area contributed by atoms with E-state index in [9.17, 15) is 4.79 Å². The van der Waals surface area contributed by atoms with Crippen molar-refractivity contribution in [1.29, 1.82) is 0 Å². The van der Waals surface area contributed by atoms with E-state index in [-0.39, 0.29) is 5.91 Å². The number of rotatable bonds is 4. The summed E-state index contributed by atoms with van der Waals surface area (Å²) in [6.07, 6.45) is 0. The van der Waals surface area contributed by atoms with Gasteiger partial charge in [0, 0.05) is 23.7 Å². The maximum Gasteiger partial charge on any atom is 0.279 e. The van der Waals surface area contributed by atoms with Gasteiger partial charge in [-0.3, -0.25) is 4.79 Å². The minimum absolute atomic E-state index is 0.236. The zero-order valence-corrected chi connectivity index (χ0v) is 16.8. The quantitative estimate of drug-likeness (QED) is 0.627. The molecule has 3 rings (SSSR count). The van der Waals surface area contributed by atoms with Crippen LogP contribution in [0.15, 0.2) is 45.9 Å². The van der Waals surface area contributed by atoms with Gasteiger partial charge in [-0.15, -0.1) is 0 Å². The Labute approximate surface area is 158 Å². The maximum atomic E-state index is 12.6. The molecule has 0 saturated carbocycles. The Morgan fingerprint density at radius 3 is 2.64 bits per heavy atom. The molecule has 0 aliphatic rings. The lowest BCUT2D eigenvalue weighted by Crippen LogP contribution is -2.19. The van der Waals surface area contributed by atoms with E-state index < -0.39 is 0 Å². The van der Waals surface area contributed by atoms with Crippen molar-refractivity contribution in [3.05, 3.63) is 62.4 Å². The third-order valence-electron chi connectivity index (χ3n) is 3.92. The molecule has 0 atom stereocenters. The van der Waals surface area contributed by atoms with E-state index in [0.29, 0.717) is 23.5 Å². The monoisotopic (exact) mass is 418 g/mol. The first-order valence-corrected chi connectivity index (χ1v) is 9.54. The minimum atomic E-state index is -0.236. The predicted molar refractivity (Wildman–Crippen MR) is 105 cm³/mol. The van der Waals surface area contributed by atoms with E-state index >= 15 is 0 Å². The molecule has 0 bridgehead atoms. The molecule has 4 nitrogen and oxygen atoms in total. The smallest absolute Gasteiger partial charge is 0.279 e.